The predicted octanol–water partition coefficient (Wildman–Crippen LogP) is 1.45. The second kappa shape index (κ2) is 8.98. The molecule has 2 saturated heterocycles. The number of carbonyl (C=O) groups is 1. The lowest BCUT2D eigenvalue weighted by Gasteiger charge is -2.36. The molecule has 2 aromatic rings. The van der Waals surface area contributed by atoms with Crippen LogP contribution in [0.1, 0.15) is 27.0 Å². The first-order chi connectivity index (χ1) is 16.2. The van der Waals surface area contributed by atoms with Crippen molar-refractivity contribution in [2.24, 2.45) is 5.11 Å². The molecule has 0 saturated carbocycles. The van der Waals surface area contributed by atoms with Crippen molar-refractivity contribution in [3.8, 4) is 5.88 Å². The summed E-state index contributed by atoms with van der Waals surface area (Å²) in [5, 5.41) is 6.49. The van der Waals surface area contributed by atoms with E-state index in [4.69, 9.17) is 29.0 Å². The van der Waals surface area contributed by atoms with Crippen LogP contribution in [0.3, 0.4) is 0 Å². The second-order valence-electron chi connectivity index (χ2n) is 7.78. The van der Waals surface area contributed by atoms with Gasteiger partial charge in [-0.3, -0.25) is 18.4 Å². The smallest absolute Gasteiger partial charge is 0.406 e. The number of hydrogen-bond donors (Lipinski definition) is 2. The molecule has 16 nitrogen and oxygen atoms in total. The van der Waals surface area contributed by atoms with Gasteiger partial charge in [-0.25, -0.2) is 14.6 Å². The summed E-state index contributed by atoms with van der Waals surface area (Å²) >= 11 is 0. The Morgan fingerprint density at radius 1 is 1.56 bits per heavy atom. The molecule has 0 aromatic carbocycles. The first-order valence-corrected chi connectivity index (χ1v) is 11.8. The van der Waals surface area contributed by atoms with Crippen LogP contribution in [-0.2, 0) is 27.9 Å². The molecule has 34 heavy (non-hydrogen) atoms. The Morgan fingerprint density at radius 2 is 2.32 bits per heavy atom. The van der Waals surface area contributed by atoms with Crippen LogP contribution in [0.5, 0.6) is 5.88 Å². The number of ether oxygens (including phenoxy) is 3. The van der Waals surface area contributed by atoms with Gasteiger partial charge in [0.1, 0.15) is 23.8 Å². The molecular weight excluding hydrogens is 473 g/mol. The van der Waals surface area contributed by atoms with Gasteiger partial charge < -0.3 is 19.9 Å². The summed E-state index contributed by atoms with van der Waals surface area (Å²) in [4.78, 5) is 27.4. The van der Waals surface area contributed by atoms with Crippen molar-refractivity contribution in [3.05, 3.63) is 16.8 Å². The monoisotopic (exact) mass is 497 g/mol. The van der Waals surface area contributed by atoms with Gasteiger partial charge in [0.2, 0.25) is 11.8 Å². The van der Waals surface area contributed by atoms with Crippen molar-refractivity contribution in [3.63, 3.8) is 0 Å². The normalized spacial score (nSPS) is 31.5. The number of nitrogens with zero attached hydrogens (tertiary/aromatic N) is 7. The van der Waals surface area contributed by atoms with Crippen molar-refractivity contribution in [1.82, 2.24) is 24.6 Å². The van der Waals surface area contributed by atoms with Gasteiger partial charge in [0.15, 0.2) is 17.4 Å². The predicted molar refractivity (Wildman–Crippen MR) is 115 cm³/mol. The number of anilines is 1. The maximum Gasteiger partial charge on any atom is 0.406 e. The summed E-state index contributed by atoms with van der Waals surface area (Å²) in [7, 11) is -2.58. The highest BCUT2D eigenvalue weighted by Crippen LogP contribution is 2.57. The van der Waals surface area contributed by atoms with Gasteiger partial charge in [-0.1, -0.05) is 5.11 Å². The van der Waals surface area contributed by atoms with Gasteiger partial charge in [-0.2, -0.15) is 9.97 Å². The standard InChI is InChI=1S/C17H24N9O7P/c1-5-30-14(27)8(2)23-34(28)31-6-9-11(33-34)17(3,24-25-19)15(32-9)26-7-20-10-12(26)21-16(18)22-13(10)29-4/h7-9,11,15H,5-6H2,1-4H3,(H,23,28)(H2,18,21,22)/t8-,9+,11+,15+,17+,34?/m0/s1. The van der Waals surface area contributed by atoms with Gasteiger partial charge in [0.05, 0.1) is 26.7 Å². The summed E-state index contributed by atoms with van der Waals surface area (Å²) < 4.78 is 42.3. The number of aromatic nitrogens is 4. The van der Waals surface area contributed by atoms with Gasteiger partial charge in [-0.15, -0.1) is 0 Å². The first kappa shape index (κ1) is 24.1. The van der Waals surface area contributed by atoms with E-state index in [2.05, 4.69) is 30.1 Å². The quantitative estimate of drug-likeness (QED) is 0.183. The lowest BCUT2D eigenvalue weighted by molar-refractivity contribution is -0.144. The fraction of sp³-hybridized carbons (Fsp3) is 0.647. The molecule has 0 radical (unpaired) electrons. The minimum atomic E-state index is -4.00. The Kier molecular flexibility index (Phi) is 6.38. The average molecular weight is 497 g/mol. The molecule has 2 aliphatic heterocycles. The Hall–Kier alpha value is -3.00. The third kappa shape index (κ3) is 4.04. The number of nitrogens with two attached hydrogens (primary N) is 1. The van der Waals surface area contributed by atoms with Crippen LogP contribution in [0.2, 0.25) is 0 Å². The molecule has 0 aliphatic carbocycles. The number of hydrogen-bond acceptors (Lipinski definition) is 12. The molecule has 6 atom stereocenters. The molecule has 0 amide bonds. The number of nitrogen functional groups attached to an aromatic ring is 1. The number of imidazole rings is 1. The minimum absolute atomic E-state index is 0.0618. The topological polar surface area (TPSA) is 211 Å². The van der Waals surface area contributed by atoms with E-state index < -0.39 is 43.7 Å². The Balaban J connectivity index is 1.69. The van der Waals surface area contributed by atoms with Gasteiger partial charge in [-0.05, 0) is 26.3 Å². The van der Waals surface area contributed by atoms with E-state index in [9.17, 15) is 14.9 Å². The molecule has 0 spiro atoms. The molecule has 3 N–H and O–H groups in total. The zero-order chi connectivity index (χ0) is 24.7. The van der Waals surface area contributed by atoms with Crippen LogP contribution in [-0.4, -0.2) is 69.6 Å². The lowest BCUT2D eigenvalue weighted by Crippen LogP contribution is -2.48. The van der Waals surface area contributed by atoms with E-state index in [0.717, 1.165) is 0 Å². The summed E-state index contributed by atoms with van der Waals surface area (Å²) in [5.74, 6) is -0.530. The van der Waals surface area contributed by atoms with Crippen LogP contribution in [0.4, 0.5) is 5.95 Å². The van der Waals surface area contributed by atoms with Crippen LogP contribution in [0.15, 0.2) is 11.4 Å². The molecule has 1 unspecified atom stereocenters. The highest BCUT2D eigenvalue weighted by Gasteiger charge is 2.60. The van der Waals surface area contributed by atoms with Gasteiger partial charge in [0, 0.05) is 4.91 Å². The number of carbonyl (C=O) groups excluding carboxylic acids is 1. The molecule has 2 fully saturated rings. The number of methoxy groups -OCH3 is 1. The van der Waals surface area contributed by atoms with Crippen LogP contribution in [0, 0.1) is 0 Å². The maximum atomic E-state index is 13.3. The molecular formula is C17H24N9O7P. The zero-order valence-electron chi connectivity index (χ0n) is 18.8. The highest BCUT2D eigenvalue weighted by atomic mass is 31.2. The first-order valence-electron chi connectivity index (χ1n) is 10.3. The largest absolute Gasteiger partial charge is 0.479 e. The molecule has 184 valence electrons. The molecule has 17 heteroatoms. The second-order valence-corrected chi connectivity index (χ2v) is 9.50. The number of nitrogens with one attached hydrogen (secondary N) is 1. The van der Waals surface area contributed by atoms with Gasteiger partial charge >= 0.3 is 13.7 Å². The Labute approximate surface area is 193 Å². The molecule has 2 aliphatic rings. The summed E-state index contributed by atoms with van der Waals surface area (Å²) in [5.41, 5.74) is 14.3. The SMILES string of the molecule is CCOC(=O)[C@H](C)NP1(=O)OC[C@H]2O[C@@H](n3cnc4c(OC)nc(N)nc43)[C@](C)(N=[N+]=[N-])[C@@H]2O1. The third-order valence-electron chi connectivity index (χ3n) is 5.48. The molecule has 4 heterocycles. The maximum absolute atomic E-state index is 13.3. The number of rotatable bonds is 7. The fourth-order valence-corrected chi connectivity index (χ4v) is 5.71. The van der Waals surface area contributed by atoms with Gasteiger partial charge in [0.25, 0.3) is 0 Å². The summed E-state index contributed by atoms with van der Waals surface area (Å²) in [6, 6.07) is -0.976. The highest BCUT2D eigenvalue weighted by molar-refractivity contribution is 7.51. The van der Waals surface area contributed by atoms with E-state index in [0.29, 0.717) is 5.52 Å². The van der Waals surface area contributed by atoms with Crippen molar-refractivity contribution < 1.29 is 32.6 Å². The summed E-state index contributed by atoms with van der Waals surface area (Å²) in [6.07, 6.45) is -1.34. The van der Waals surface area contributed by atoms with E-state index >= 15 is 0 Å². The Morgan fingerprint density at radius 3 is 3.00 bits per heavy atom. The zero-order valence-corrected chi connectivity index (χ0v) is 19.7. The average Bonchev–Trinajstić information content (AvgIpc) is 3.32. The molecule has 2 aromatic heterocycles. The Bertz CT molecular complexity index is 1200. The molecule has 0 bridgehead atoms. The third-order valence-corrected chi connectivity index (χ3v) is 7.18. The van der Waals surface area contributed by atoms with Crippen molar-refractivity contribution >= 4 is 30.8 Å². The van der Waals surface area contributed by atoms with Crippen LogP contribution < -0.4 is 15.6 Å². The number of esters is 1. The molecule has 4 rings (SSSR count). The fourth-order valence-electron chi connectivity index (χ4n) is 3.94. The van der Waals surface area contributed by atoms with E-state index in [1.165, 1.54) is 24.9 Å². The number of azide groups is 1. The van der Waals surface area contributed by atoms with Crippen molar-refractivity contribution in [2.45, 2.75) is 50.8 Å². The van der Waals surface area contributed by atoms with E-state index in [1.54, 1.807) is 13.8 Å². The van der Waals surface area contributed by atoms with Crippen molar-refractivity contribution in [2.75, 3.05) is 26.1 Å². The van der Waals surface area contributed by atoms with Crippen LogP contribution in [0.25, 0.3) is 21.6 Å². The van der Waals surface area contributed by atoms with Crippen LogP contribution >= 0.6 is 7.75 Å². The summed E-state index contributed by atoms with van der Waals surface area (Å²) in [6.45, 7) is 4.70. The number of fused-ring (bicyclic) bond motifs is 2. The lowest BCUT2D eigenvalue weighted by atomic mass is 9.93. The minimum Gasteiger partial charge on any atom is -0.479 e. The van der Waals surface area contributed by atoms with E-state index in [-0.39, 0.29) is 30.7 Å². The van der Waals surface area contributed by atoms with Crippen molar-refractivity contribution in [1.29, 1.82) is 0 Å². The van der Waals surface area contributed by atoms with E-state index in [1.807, 2.05) is 0 Å².